The van der Waals surface area contributed by atoms with Crippen molar-refractivity contribution < 1.29 is 10.2 Å². The first kappa shape index (κ1) is 24.5. The van der Waals surface area contributed by atoms with Crippen molar-refractivity contribution in [1.82, 2.24) is 0 Å². The topological polar surface area (TPSA) is 40.5 Å². The molecule has 0 heterocycles. The summed E-state index contributed by atoms with van der Waals surface area (Å²) in [5, 5.41) is 22.6. The third kappa shape index (κ3) is 3.33. The van der Waals surface area contributed by atoms with Gasteiger partial charge in [0.05, 0.1) is 12.2 Å². The van der Waals surface area contributed by atoms with E-state index in [4.69, 9.17) is 0 Å². The van der Waals surface area contributed by atoms with Crippen LogP contribution in [0, 0.1) is 45.3 Å². The Morgan fingerprint density at radius 1 is 0.906 bits per heavy atom. The smallest absolute Gasteiger partial charge is 0.0594 e. The summed E-state index contributed by atoms with van der Waals surface area (Å²) in [6.07, 6.45) is 11.9. The molecule has 0 saturated heterocycles. The summed E-state index contributed by atoms with van der Waals surface area (Å²) in [4.78, 5) is 0. The van der Waals surface area contributed by atoms with Gasteiger partial charge in [0.1, 0.15) is 0 Å². The number of aliphatic hydroxyl groups is 2. The van der Waals surface area contributed by atoms with Crippen LogP contribution in [-0.2, 0) is 0 Å². The van der Waals surface area contributed by atoms with E-state index in [1.807, 2.05) is 0 Å². The highest BCUT2D eigenvalue weighted by Crippen LogP contribution is 2.75. The van der Waals surface area contributed by atoms with Gasteiger partial charge in [0.25, 0.3) is 0 Å². The zero-order valence-electron chi connectivity index (χ0n) is 22.0. The summed E-state index contributed by atoms with van der Waals surface area (Å²) in [6, 6.07) is 0. The van der Waals surface area contributed by atoms with Crippen LogP contribution in [0.1, 0.15) is 106 Å². The fraction of sp³-hybridized carbons (Fsp3) is 0.867. The number of rotatable bonds is 4. The van der Waals surface area contributed by atoms with Crippen LogP contribution in [0.4, 0.5) is 0 Å². The maximum Gasteiger partial charge on any atom is 0.0594 e. The predicted octanol–water partition coefficient (Wildman–Crippen LogP) is 7.31. The molecule has 2 nitrogen and oxygen atoms in total. The predicted molar refractivity (Wildman–Crippen MR) is 134 cm³/mol. The van der Waals surface area contributed by atoms with Gasteiger partial charge in [-0.2, -0.15) is 0 Å². The summed E-state index contributed by atoms with van der Waals surface area (Å²) in [5.74, 6) is 1.90. The number of allylic oxidation sites excluding steroid dienone is 3. The van der Waals surface area contributed by atoms with Crippen LogP contribution < -0.4 is 0 Å². The second kappa shape index (κ2) is 7.98. The van der Waals surface area contributed by atoms with Crippen molar-refractivity contribution in [2.75, 3.05) is 0 Å². The Kier molecular flexibility index (Phi) is 6.11. The number of hydrogen-bond acceptors (Lipinski definition) is 2. The molecule has 0 unspecified atom stereocenters. The molecule has 0 aliphatic heterocycles. The normalized spacial score (nSPS) is 49.5. The number of aliphatic hydroxyl groups excluding tert-OH is 2. The minimum Gasteiger partial charge on any atom is -0.393 e. The lowest BCUT2D eigenvalue weighted by Crippen LogP contribution is -2.66. The van der Waals surface area contributed by atoms with Gasteiger partial charge in [0, 0.05) is 0 Å². The van der Waals surface area contributed by atoms with Crippen molar-refractivity contribution in [2.24, 2.45) is 45.3 Å². The van der Waals surface area contributed by atoms with Gasteiger partial charge in [0.2, 0.25) is 0 Å². The van der Waals surface area contributed by atoms with Crippen molar-refractivity contribution in [1.29, 1.82) is 0 Å². The molecular weight excluding hydrogens is 392 g/mol. The van der Waals surface area contributed by atoms with E-state index in [0.717, 1.165) is 32.1 Å². The molecule has 9 atom stereocenters. The number of hydrogen-bond donors (Lipinski definition) is 2. The number of fused-ring (bicyclic) bond motifs is 5. The van der Waals surface area contributed by atoms with E-state index in [-0.39, 0.29) is 33.9 Å². The quantitative estimate of drug-likeness (QED) is 0.448. The van der Waals surface area contributed by atoms with Crippen LogP contribution >= 0.6 is 0 Å². The van der Waals surface area contributed by atoms with Crippen molar-refractivity contribution in [2.45, 2.75) is 118 Å². The molecule has 0 spiro atoms. The van der Waals surface area contributed by atoms with Crippen molar-refractivity contribution in [3.05, 3.63) is 23.8 Å². The van der Waals surface area contributed by atoms with Gasteiger partial charge in [-0.3, -0.25) is 0 Å². The van der Waals surface area contributed by atoms with E-state index in [2.05, 4.69) is 61.1 Å². The molecular formula is C30H50O2. The van der Waals surface area contributed by atoms with Crippen LogP contribution in [0.25, 0.3) is 0 Å². The lowest BCUT2D eigenvalue weighted by molar-refractivity contribution is -0.240. The first-order chi connectivity index (χ1) is 14.8. The van der Waals surface area contributed by atoms with Crippen LogP contribution in [0.5, 0.6) is 0 Å². The average molecular weight is 443 g/mol. The molecule has 0 aromatic rings. The lowest BCUT2D eigenvalue weighted by atomic mass is 9.35. The van der Waals surface area contributed by atoms with E-state index < -0.39 is 0 Å². The summed E-state index contributed by atoms with van der Waals surface area (Å²) in [5.41, 5.74) is 3.37. The van der Waals surface area contributed by atoms with Crippen LogP contribution in [-0.4, -0.2) is 22.4 Å². The van der Waals surface area contributed by atoms with Gasteiger partial charge in [-0.05, 0) is 117 Å². The molecule has 0 amide bonds. The summed E-state index contributed by atoms with van der Waals surface area (Å²) in [7, 11) is 0. The molecule has 0 radical (unpaired) electrons. The van der Waals surface area contributed by atoms with Crippen LogP contribution in [0.2, 0.25) is 0 Å². The monoisotopic (exact) mass is 442 g/mol. The Morgan fingerprint density at radius 3 is 2.22 bits per heavy atom. The standard InChI is InChI=1S/C30H50O2/c1-19(2)10-9-11-20(3)21-12-16-30(8)26(21)22(31)18-24-28(6)15-14-25(32)27(4,5)23(28)13-17-29(24,30)7/h10,21-26,31-32H,3,9,11-18H2,1-2,4-8H3/t21-,22-,23+,24-,25+,26+,28+,29-,30-/m1/s1. The van der Waals surface area contributed by atoms with E-state index in [0.29, 0.717) is 23.7 Å². The van der Waals surface area contributed by atoms with Crippen LogP contribution in [0.3, 0.4) is 0 Å². The average Bonchev–Trinajstić information content (AvgIpc) is 3.07. The minimum atomic E-state index is -0.226. The Hall–Kier alpha value is -0.600. The molecule has 4 rings (SSSR count). The largest absolute Gasteiger partial charge is 0.393 e. The first-order valence-electron chi connectivity index (χ1n) is 13.5. The highest BCUT2D eigenvalue weighted by atomic mass is 16.3. The Morgan fingerprint density at radius 2 is 1.56 bits per heavy atom. The van der Waals surface area contributed by atoms with Crippen molar-refractivity contribution in [3.8, 4) is 0 Å². The molecule has 4 aliphatic carbocycles. The summed E-state index contributed by atoms with van der Waals surface area (Å²) >= 11 is 0. The molecule has 0 aromatic carbocycles. The summed E-state index contributed by atoms with van der Waals surface area (Å²) in [6.45, 7) is 21.1. The van der Waals surface area contributed by atoms with Crippen LogP contribution in [0.15, 0.2) is 23.8 Å². The summed E-state index contributed by atoms with van der Waals surface area (Å²) < 4.78 is 0. The molecule has 0 bridgehead atoms. The molecule has 32 heavy (non-hydrogen) atoms. The first-order valence-corrected chi connectivity index (χ1v) is 13.5. The Labute approximate surface area is 198 Å². The SMILES string of the molecule is C=C(CCC=C(C)C)[C@H]1CC[C@]2(C)[C@@H]1[C@H](O)C[C@@H]1[C@@]3(C)CC[C@H](O)C(C)(C)[C@@H]3CC[C@]12C. The van der Waals surface area contributed by atoms with E-state index in [1.165, 1.54) is 36.8 Å². The molecule has 4 fully saturated rings. The second-order valence-corrected chi connectivity index (χ2v) is 13.8. The van der Waals surface area contributed by atoms with Gasteiger partial charge in [-0.15, -0.1) is 0 Å². The molecule has 4 saturated carbocycles. The van der Waals surface area contributed by atoms with Gasteiger partial charge in [-0.1, -0.05) is 58.4 Å². The molecule has 4 aliphatic rings. The zero-order valence-corrected chi connectivity index (χ0v) is 22.0. The third-order valence-corrected chi connectivity index (χ3v) is 11.9. The van der Waals surface area contributed by atoms with Gasteiger partial charge in [-0.25, -0.2) is 0 Å². The molecule has 0 aromatic heterocycles. The van der Waals surface area contributed by atoms with E-state index in [1.54, 1.807) is 0 Å². The minimum absolute atomic E-state index is 0.0333. The van der Waals surface area contributed by atoms with Gasteiger partial charge < -0.3 is 10.2 Å². The van der Waals surface area contributed by atoms with Gasteiger partial charge in [0.15, 0.2) is 0 Å². The highest BCUT2D eigenvalue weighted by Gasteiger charge is 2.70. The zero-order chi connectivity index (χ0) is 23.7. The highest BCUT2D eigenvalue weighted by molar-refractivity contribution is 5.22. The van der Waals surface area contributed by atoms with E-state index >= 15 is 0 Å². The van der Waals surface area contributed by atoms with Gasteiger partial charge >= 0.3 is 0 Å². The fourth-order valence-corrected chi connectivity index (χ4v) is 9.94. The van der Waals surface area contributed by atoms with Crippen molar-refractivity contribution >= 4 is 0 Å². The third-order valence-electron chi connectivity index (χ3n) is 11.9. The van der Waals surface area contributed by atoms with Crippen molar-refractivity contribution in [3.63, 3.8) is 0 Å². The molecule has 2 heteroatoms. The maximum atomic E-state index is 11.7. The maximum absolute atomic E-state index is 11.7. The molecule has 182 valence electrons. The Balaban J connectivity index is 1.64. The molecule has 2 N–H and O–H groups in total. The Bertz CT molecular complexity index is 776. The second-order valence-electron chi connectivity index (χ2n) is 13.8. The van der Waals surface area contributed by atoms with E-state index in [9.17, 15) is 10.2 Å². The lowest BCUT2D eigenvalue weighted by Gasteiger charge is -2.70. The fourth-order valence-electron chi connectivity index (χ4n) is 9.94.